The maximum atomic E-state index is 9.26. The first kappa shape index (κ1) is 9.72. The zero-order valence-corrected chi connectivity index (χ0v) is 8.79. The fourth-order valence-electron chi connectivity index (χ4n) is 2.30. The molecule has 76 valence electrons. The second-order valence-corrected chi connectivity index (χ2v) is 4.30. The van der Waals surface area contributed by atoms with Crippen LogP contribution in [0.3, 0.4) is 0 Å². The molecule has 1 nitrogen and oxygen atoms in total. The smallest absolute Gasteiger partial charge is 0.0515 e. The number of aliphatic hydroxyl groups excluding tert-OH is 1. The molecule has 0 fully saturated rings. The predicted octanol–water partition coefficient (Wildman–Crippen LogP) is 2.49. The Labute approximate surface area is 85.8 Å². The maximum Gasteiger partial charge on any atom is 0.0515 e. The standard InChI is InChI=1S/C13H18O/c1-10(14)8-9-12-5-2-4-11-6-3-7-13(11)12/h2,4-5,10,14H,3,6-9H2,1H3/t10-/m0/s1. The molecule has 1 aliphatic rings. The number of hydrogen-bond acceptors (Lipinski definition) is 1. The van der Waals surface area contributed by atoms with Crippen LogP contribution in [0.15, 0.2) is 18.2 Å². The Bertz CT molecular complexity index is 315. The van der Waals surface area contributed by atoms with Gasteiger partial charge < -0.3 is 5.11 Å². The summed E-state index contributed by atoms with van der Waals surface area (Å²) in [6.45, 7) is 1.86. The zero-order valence-electron chi connectivity index (χ0n) is 8.79. The van der Waals surface area contributed by atoms with Crippen molar-refractivity contribution in [3.8, 4) is 0 Å². The summed E-state index contributed by atoms with van der Waals surface area (Å²) in [6, 6.07) is 6.61. The molecule has 1 heteroatoms. The van der Waals surface area contributed by atoms with Gasteiger partial charge in [0.2, 0.25) is 0 Å². The van der Waals surface area contributed by atoms with Crippen LogP contribution in [0.1, 0.15) is 36.5 Å². The van der Waals surface area contributed by atoms with E-state index in [1.54, 1.807) is 5.56 Å². The van der Waals surface area contributed by atoms with Gasteiger partial charge in [0.1, 0.15) is 0 Å². The fourth-order valence-corrected chi connectivity index (χ4v) is 2.30. The van der Waals surface area contributed by atoms with E-state index in [9.17, 15) is 5.11 Å². The van der Waals surface area contributed by atoms with Crippen molar-refractivity contribution in [3.05, 3.63) is 34.9 Å². The molecular weight excluding hydrogens is 172 g/mol. The van der Waals surface area contributed by atoms with Crippen molar-refractivity contribution in [2.45, 2.75) is 45.1 Å². The van der Waals surface area contributed by atoms with Gasteiger partial charge in [-0.1, -0.05) is 18.2 Å². The molecule has 0 heterocycles. The summed E-state index contributed by atoms with van der Waals surface area (Å²) in [5.41, 5.74) is 4.56. The number of fused-ring (bicyclic) bond motifs is 1. The van der Waals surface area contributed by atoms with E-state index in [4.69, 9.17) is 0 Å². The van der Waals surface area contributed by atoms with Crippen LogP contribution in [-0.4, -0.2) is 11.2 Å². The van der Waals surface area contributed by atoms with Gasteiger partial charge in [-0.25, -0.2) is 0 Å². The first-order valence-electron chi connectivity index (χ1n) is 5.55. The van der Waals surface area contributed by atoms with E-state index in [2.05, 4.69) is 18.2 Å². The molecule has 0 saturated heterocycles. The van der Waals surface area contributed by atoms with Crippen LogP contribution < -0.4 is 0 Å². The summed E-state index contributed by atoms with van der Waals surface area (Å²) >= 11 is 0. The van der Waals surface area contributed by atoms with Crippen molar-refractivity contribution >= 4 is 0 Å². The van der Waals surface area contributed by atoms with Crippen molar-refractivity contribution in [2.24, 2.45) is 0 Å². The number of rotatable bonds is 3. The van der Waals surface area contributed by atoms with E-state index in [0.717, 1.165) is 12.8 Å². The van der Waals surface area contributed by atoms with Gasteiger partial charge in [-0.2, -0.15) is 0 Å². The first-order valence-corrected chi connectivity index (χ1v) is 5.55. The zero-order chi connectivity index (χ0) is 9.97. The average molecular weight is 190 g/mol. The lowest BCUT2D eigenvalue weighted by molar-refractivity contribution is 0.185. The van der Waals surface area contributed by atoms with Gasteiger partial charge in [-0.15, -0.1) is 0 Å². The van der Waals surface area contributed by atoms with Crippen molar-refractivity contribution in [1.82, 2.24) is 0 Å². The minimum atomic E-state index is -0.174. The summed E-state index contributed by atoms with van der Waals surface area (Å²) < 4.78 is 0. The van der Waals surface area contributed by atoms with Crippen molar-refractivity contribution in [1.29, 1.82) is 0 Å². The van der Waals surface area contributed by atoms with Gasteiger partial charge in [-0.3, -0.25) is 0 Å². The minimum absolute atomic E-state index is 0.174. The van der Waals surface area contributed by atoms with Gasteiger partial charge >= 0.3 is 0 Å². The fraction of sp³-hybridized carbons (Fsp3) is 0.538. The molecule has 1 aromatic rings. The lowest BCUT2D eigenvalue weighted by Crippen LogP contribution is -2.03. The van der Waals surface area contributed by atoms with E-state index in [-0.39, 0.29) is 6.10 Å². The van der Waals surface area contributed by atoms with Gasteiger partial charge in [0.05, 0.1) is 6.10 Å². The molecular formula is C13H18O. The SMILES string of the molecule is C[C@H](O)CCc1cccc2c1CCC2. The summed E-state index contributed by atoms with van der Waals surface area (Å²) in [4.78, 5) is 0. The largest absolute Gasteiger partial charge is 0.393 e. The normalized spacial score (nSPS) is 16.7. The van der Waals surface area contributed by atoms with Crippen LogP contribution in [0.2, 0.25) is 0 Å². The molecule has 0 amide bonds. The highest BCUT2D eigenvalue weighted by Gasteiger charge is 2.13. The molecule has 0 aliphatic heterocycles. The van der Waals surface area contributed by atoms with Gasteiger partial charge in [0.15, 0.2) is 0 Å². The van der Waals surface area contributed by atoms with Crippen LogP contribution in [0.5, 0.6) is 0 Å². The number of hydrogen-bond donors (Lipinski definition) is 1. The predicted molar refractivity (Wildman–Crippen MR) is 58.5 cm³/mol. The van der Waals surface area contributed by atoms with Gasteiger partial charge in [-0.05, 0) is 55.7 Å². The molecule has 0 aromatic heterocycles. The number of aryl methyl sites for hydroxylation is 2. The van der Waals surface area contributed by atoms with Crippen molar-refractivity contribution < 1.29 is 5.11 Å². The molecule has 1 atom stereocenters. The highest BCUT2D eigenvalue weighted by atomic mass is 16.3. The molecule has 1 aliphatic carbocycles. The first-order chi connectivity index (χ1) is 6.77. The minimum Gasteiger partial charge on any atom is -0.393 e. The van der Waals surface area contributed by atoms with Crippen LogP contribution in [-0.2, 0) is 19.3 Å². The molecule has 14 heavy (non-hydrogen) atoms. The van der Waals surface area contributed by atoms with Crippen LogP contribution in [0.25, 0.3) is 0 Å². The van der Waals surface area contributed by atoms with E-state index in [1.165, 1.54) is 30.4 Å². The summed E-state index contributed by atoms with van der Waals surface area (Å²) in [7, 11) is 0. The van der Waals surface area contributed by atoms with E-state index in [0.29, 0.717) is 0 Å². The van der Waals surface area contributed by atoms with E-state index >= 15 is 0 Å². The molecule has 0 bridgehead atoms. The Morgan fingerprint density at radius 3 is 3.00 bits per heavy atom. The Kier molecular flexibility index (Phi) is 2.87. The lowest BCUT2D eigenvalue weighted by atomic mass is 9.98. The molecule has 0 radical (unpaired) electrons. The Morgan fingerprint density at radius 2 is 2.21 bits per heavy atom. The number of aliphatic hydroxyl groups is 1. The second kappa shape index (κ2) is 4.14. The van der Waals surface area contributed by atoms with Crippen LogP contribution >= 0.6 is 0 Å². The Morgan fingerprint density at radius 1 is 1.36 bits per heavy atom. The summed E-state index contributed by atoms with van der Waals surface area (Å²) in [5.74, 6) is 0. The van der Waals surface area contributed by atoms with E-state index < -0.39 is 0 Å². The Hall–Kier alpha value is -0.820. The Balaban J connectivity index is 2.14. The summed E-state index contributed by atoms with van der Waals surface area (Å²) in [5, 5.41) is 9.26. The van der Waals surface area contributed by atoms with Gasteiger partial charge in [0.25, 0.3) is 0 Å². The highest BCUT2D eigenvalue weighted by molar-refractivity contribution is 5.38. The molecule has 1 aromatic carbocycles. The van der Waals surface area contributed by atoms with Crippen molar-refractivity contribution in [2.75, 3.05) is 0 Å². The number of benzene rings is 1. The van der Waals surface area contributed by atoms with Crippen LogP contribution in [0, 0.1) is 0 Å². The third-order valence-corrected chi connectivity index (χ3v) is 3.07. The van der Waals surface area contributed by atoms with Gasteiger partial charge in [0, 0.05) is 0 Å². The molecule has 0 saturated carbocycles. The lowest BCUT2D eigenvalue weighted by Gasteiger charge is -2.09. The van der Waals surface area contributed by atoms with Crippen molar-refractivity contribution in [3.63, 3.8) is 0 Å². The second-order valence-electron chi connectivity index (χ2n) is 4.30. The molecule has 1 N–H and O–H groups in total. The molecule has 0 unspecified atom stereocenters. The maximum absolute atomic E-state index is 9.26. The quantitative estimate of drug-likeness (QED) is 0.776. The third kappa shape index (κ3) is 1.98. The van der Waals surface area contributed by atoms with E-state index in [1.807, 2.05) is 6.92 Å². The monoisotopic (exact) mass is 190 g/mol. The molecule has 0 spiro atoms. The topological polar surface area (TPSA) is 20.2 Å². The van der Waals surface area contributed by atoms with Crippen LogP contribution in [0.4, 0.5) is 0 Å². The molecule has 2 rings (SSSR count). The summed E-state index contributed by atoms with van der Waals surface area (Å²) in [6.07, 6.45) is 5.54. The average Bonchev–Trinajstić information content (AvgIpc) is 2.62. The third-order valence-electron chi connectivity index (χ3n) is 3.07. The highest BCUT2D eigenvalue weighted by Crippen LogP contribution is 2.26.